The summed E-state index contributed by atoms with van der Waals surface area (Å²) in [6.45, 7) is 1.69. The van der Waals surface area contributed by atoms with E-state index in [4.69, 9.17) is 4.42 Å². The third kappa shape index (κ3) is 3.24. The lowest BCUT2D eigenvalue weighted by atomic mass is 9.86. The van der Waals surface area contributed by atoms with E-state index in [1.165, 1.54) is 11.8 Å². The molecule has 6 heteroatoms. The number of furan rings is 1. The van der Waals surface area contributed by atoms with Crippen molar-refractivity contribution in [2.24, 2.45) is 11.8 Å². The number of rotatable bonds is 4. The molecule has 1 amide bonds. The van der Waals surface area contributed by atoms with Gasteiger partial charge < -0.3 is 9.32 Å². The van der Waals surface area contributed by atoms with Gasteiger partial charge in [0.1, 0.15) is 5.76 Å². The molecule has 5 nitrogen and oxygen atoms in total. The minimum atomic E-state index is 0.0108. The van der Waals surface area contributed by atoms with Crippen molar-refractivity contribution >= 4 is 17.7 Å². The number of hydrogen-bond acceptors (Lipinski definition) is 5. The molecule has 1 saturated heterocycles. The van der Waals surface area contributed by atoms with Crippen LogP contribution in [0, 0.1) is 11.8 Å². The summed E-state index contributed by atoms with van der Waals surface area (Å²) >= 11 is 1.50. The van der Waals surface area contributed by atoms with Gasteiger partial charge in [0.05, 0.1) is 5.75 Å². The van der Waals surface area contributed by atoms with Crippen molar-refractivity contribution in [2.45, 2.75) is 23.8 Å². The van der Waals surface area contributed by atoms with Crippen molar-refractivity contribution in [3.8, 4) is 0 Å². The number of fused-ring (bicyclic) bond motifs is 1. The predicted octanol–water partition coefficient (Wildman–Crippen LogP) is 3.40. The number of nitrogens with zero attached hydrogens (tertiary/aromatic N) is 3. The van der Waals surface area contributed by atoms with Crippen molar-refractivity contribution in [2.75, 3.05) is 13.1 Å². The number of carbonyl (C=O) groups excluding carboxylic acids is 1. The number of hydrogen-bond donors (Lipinski definition) is 0. The molecule has 1 aliphatic carbocycles. The van der Waals surface area contributed by atoms with E-state index in [0.29, 0.717) is 28.5 Å². The first-order chi connectivity index (χ1) is 11.8. The molecule has 4 rings (SSSR count). The molecule has 2 aromatic rings. The Balaban J connectivity index is 1.37. The van der Waals surface area contributed by atoms with Crippen molar-refractivity contribution < 1.29 is 9.21 Å². The van der Waals surface area contributed by atoms with Crippen LogP contribution in [0.5, 0.6) is 0 Å². The van der Waals surface area contributed by atoms with Crippen LogP contribution in [0.25, 0.3) is 0 Å². The second-order valence-electron chi connectivity index (χ2n) is 6.26. The van der Waals surface area contributed by atoms with E-state index in [1.54, 1.807) is 24.5 Å². The average molecular weight is 341 g/mol. The molecule has 0 N–H and O–H groups in total. The van der Waals surface area contributed by atoms with Crippen LogP contribution < -0.4 is 0 Å². The molecule has 2 atom stereocenters. The van der Waals surface area contributed by atoms with Gasteiger partial charge in [-0.25, -0.2) is 9.97 Å². The smallest absolute Gasteiger partial charge is 0.289 e. The third-order valence-corrected chi connectivity index (χ3v) is 5.56. The minimum Gasteiger partial charge on any atom is -0.455 e. The van der Waals surface area contributed by atoms with Crippen LogP contribution in [0.1, 0.15) is 29.2 Å². The Kier molecular flexibility index (Phi) is 4.38. The second kappa shape index (κ2) is 6.81. The summed E-state index contributed by atoms with van der Waals surface area (Å²) in [5.74, 6) is 3.06. The molecule has 0 radical (unpaired) electrons. The molecule has 0 saturated carbocycles. The molecule has 0 unspecified atom stereocenters. The van der Waals surface area contributed by atoms with E-state index in [-0.39, 0.29) is 5.91 Å². The predicted molar refractivity (Wildman–Crippen MR) is 91.6 cm³/mol. The molecule has 0 bridgehead atoms. The summed E-state index contributed by atoms with van der Waals surface area (Å²) < 4.78 is 5.75. The summed E-state index contributed by atoms with van der Waals surface area (Å²) in [7, 11) is 0. The van der Waals surface area contributed by atoms with Gasteiger partial charge in [0.2, 0.25) is 0 Å². The Labute approximate surface area is 145 Å². The van der Waals surface area contributed by atoms with Crippen molar-refractivity contribution in [3.63, 3.8) is 0 Å². The largest absolute Gasteiger partial charge is 0.455 e. The van der Waals surface area contributed by atoms with Crippen LogP contribution in [-0.2, 0) is 5.75 Å². The van der Waals surface area contributed by atoms with Crippen molar-refractivity contribution in [1.82, 2.24) is 14.9 Å². The fourth-order valence-electron chi connectivity index (χ4n) is 3.40. The molecule has 2 aromatic heterocycles. The number of likely N-dealkylation sites (tertiary alicyclic amines) is 1. The highest BCUT2D eigenvalue weighted by Crippen LogP contribution is 2.33. The number of thioether (sulfide) groups is 1. The molecule has 24 heavy (non-hydrogen) atoms. The second-order valence-corrected chi connectivity index (χ2v) is 7.20. The first-order valence-electron chi connectivity index (χ1n) is 8.22. The fraction of sp³-hybridized carbons (Fsp3) is 0.389. The molecule has 1 fully saturated rings. The van der Waals surface area contributed by atoms with Gasteiger partial charge in [0, 0.05) is 25.5 Å². The van der Waals surface area contributed by atoms with Crippen LogP contribution in [-0.4, -0.2) is 33.9 Å². The monoisotopic (exact) mass is 341 g/mol. The van der Waals surface area contributed by atoms with Gasteiger partial charge in [-0.1, -0.05) is 23.9 Å². The first kappa shape index (κ1) is 15.4. The molecular formula is C18H19N3O2S. The normalized spacial score (nSPS) is 22.6. The number of allylic oxidation sites excluding steroid dienone is 2. The highest BCUT2D eigenvalue weighted by Gasteiger charge is 2.36. The average Bonchev–Trinajstić information content (AvgIpc) is 3.27. The third-order valence-electron chi connectivity index (χ3n) is 4.67. The fourth-order valence-corrected chi connectivity index (χ4v) is 4.10. The van der Waals surface area contributed by atoms with E-state index in [2.05, 4.69) is 22.1 Å². The lowest BCUT2D eigenvalue weighted by Gasteiger charge is -2.17. The summed E-state index contributed by atoms with van der Waals surface area (Å²) in [4.78, 5) is 22.9. The maximum absolute atomic E-state index is 12.7. The molecule has 0 aromatic carbocycles. The first-order valence-corrected chi connectivity index (χ1v) is 9.21. The van der Waals surface area contributed by atoms with E-state index < -0.39 is 0 Å². The van der Waals surface area contributed by atoms with Crippen LogP contribution in [0.15, 0.2) is 52.3 Å². The number of amides is 1. The van der Waals surface area contributed by atoms with Gasteiger partial charge in [-0.3, -0.25) is 4.79 Å². The molecular weight excluding hydrogens is 322 g/mol. The van der Waals surface area contributed by atoms with Crippen molar-refractivity contribution in [3.05, 3.63) is 54.3 Å². The number of aromatic nitrogens is 2. The van der Waals surface area contributed by atoms with E-state index in [0.717, 1.165) is 31.7 Å². The highest BCUT2D eigenvalue weighted by atomic mass is 32.2. The van der Waals surface area contributed by atoms with Crippen molar-refractivity contribution in [1.29, 1.82) is 0 Å². The quantitative estimate of drug-likeness (QED) is 0.485. The van der Waals surface area contributed by atoms with Crippen LogP contribution in [0.2, 0.25) is 0 Å². The van der Waals surface area contributed by atoms with Crippen LogP contribution in [0.3, 0.4) is 0 Å². The summed E-state index contributed by atoms with van der Waals surface area (Å²) in [6, 6.07) is 5.44. The van der Waals surface area contributed by atoms with Gasteiger partial charge in [0.15, 0.2) is 10.9 Å². The molecule has 3 heterocycles. The van der Waals surface area contributed by atoms with Gasteiger partial charge in [0.25, 0.3) is 5.91 Å². The standard InChI is InChI=1S/C18H19N3O2S/c22-17(21-10-13-4-1-2-5-14(13)11-21)16-7-6-15(23-16)12-24-18-19-8-3-9-20-18/h1-3,6-9,13-14H,4-5,10-12H2/t13-,14+. The van der Waals surface area contributed by atoms with Crippen LogP contribution in [0.4, 0.5) is 0 Å². The Morgan fingerprint density at radius 3 is 2.58 bits per heavy atom. The van der Waals surface area contributed by atoms with Gasteiger partial charge in [-0.05, 0) is 42.9 Å². The Morgan fingerprint density at radius 2 is 1.88 bits per heavy atom. The van der Waals surface area contributed by atoms with E-state index >= 15 is 0 Å². The van der Waals surface area contributed by atoms with Gasteiger partial charge in [-0.15, -0.1) is 0 Å². The van der Waals surface area contributed by atoms with Gasteiger partial charge >= 0.3 is 0 Å². The zero-order valence-corrected chi connectivity index (χ0v) is 14.1. The zero-order chi connectivity index (χ0) is 16.4. The van der Waals surface area contributed by atoms with Crippen LogP contribution >= 0.6 is 11.8 Å². The Morgan fingerprint density at radius 1 is 1.17 bits per heavy atom. The molecule has 0 spiro atoms. The maximum Gasteiger partial charge on any atom is 0.289 e. The Hall–Kier alpha value is -2.08. The Bertz CT molecular complexity index is 728. The van der Waals surface area contributed by atoms with E-state index in [1.807, 2.05) is 11.0 Å². The lowest BCUT2D eigenvalue weighted by Crippen LogP contribution is -2.28. The van der Waals surface area contributed by atoms with Gasteiger partial charge in [-0.2, -0.15) is 0 Å². The summed E-state index contributed by atoms with van der Waals surface area (Å²) in [6.07, 6.45) is 10.1. The highest BCUT2D eigenvalue weighted by molar-refractivity contribution is 7.98. The topological polar surface area (TPSA) is 59.2 Å². The lowest BCUT2D eigenvalue weighted by molar-refractivity contribution is 0.0751. The maximum atomic E-state index is 12.7. The molecule has 124 valence electrons. The number of carbonyl (C=O) groups is 1. The SMILES string of the molecule is O=C(c1ccc(CSc2ncccn2)o1)N1C[C@H]2CC=CC[C@H]2C1. The molecule has 1 aliphatic heterocycles. The molecule has 2 aliphatic rings. The zero-order valence-electron chi connectivity index (χ0n) is 13.3. The summed E-state index contributed by atoms with van der Waals surface area (Å²) in [5, 5.41) is 0.706. The minimum absolute atomic E-state index is 0.0108. The summed E-state index contributed by atoms with van der Waals surface area (Å²) in [5.41, 5.74) is 0. The van der Waals surface area contributed by atoms with E-state index in [9.17, 15) is 4.79 Å².